The molecule has 0 bridgehead atoms. The van der Waals surface area contributed by atoms with Crippen molar-refractivity contribution in [2.24, 2.45) is 0 Å². The molecule has 0 atom stereocenters. The molecule has 0 aliphatic rings. The largest absolute Gasteiger partial charge is 0.478 e. The highest BCUT2D eigenvalue weighted by molar-refractivity contribution is 5.96. The van der Waals surface area contributed by atoms with Gasteiger partial charge in [0.25, 0.3) is 0 Å². The Bertz CT molecular complexity index is 250. The van der Waals surface area contributed by atoms with E-state index in [4.69, 9.17) is 10.2 Å². The van der Waals surface area contributed by atoms with Gasteiger partial charge in [-0.1, -0.05) is 25.5 Å². The van der Waals surface area contributed by atoms with E-state index in [2.05, 4.69) is 0 Å². The number of allylic oxidation sites excluding steroid dienone is 1. The Morgan fingerprint density at radius 2 is 1.92 bits per heavy atom. The maximum atomic E-state index is 10.4. The van der Waals surface area contributed by atoms with E-state index in [1.54, 1.807) is 6.08 Å². The molecular weight excluding hydrogens is 172 g/mol. The second kappa shape index (κ2) is 5.99. The highest BCUT2D eigenvalue weighted by Gasteiger charge is 2.04. The molecule has 0 amide bonds. The summed E-state index contributed by atoms with van der Waals surface area (Å²) in [5.74, 6) is -2.48. The van der Waals surface area contributed by atoms with Crippen molar-refractivity contribution in [3.05, 3.63) is 23.8 Å². The summed E-state index contributed by atoms with van der Waals surface area (Å²) >= 11 is 0. The van der Waals surface area contributed by atoms with Crippen LogP contribution in [0.1, 0.15) is 19.8 Å². The molecule has 0 aliphatic carbocycles. The molecule has 0 fully saturated rings. The fraction of sp³-hybridized carbons (Fsp3) is 0.333. The molecule has 0 saturated heterocycles. The predicted molar refractivity (Wildman–Crippen MR) is 47.4 cm³/mol. The van der Waals surface area contributed by atoms with Crippen molar-refractivity contribution in [2.45, 2.75) is 19.8 Å². The fourth-order valence-electron chi connectivity index (χ4n) is 0.691. The molecule has 0 rings (SSSR count). The minimum Gasteiger partial charge on any atom is -0.478 e. The highest BCUT2D eigenvalue weighted by atomic mass is 16.4. The second-order valence-corrected chi connectivity index (χ2v) is 2.43. The van der Waals surface area contributed by atoms with Gasteiger partial charge in [-0.2, -0.15) is 0 Å². The van der Waals surface area contributed by atoms with Gasteiger partial charge in [-0.3, -0.25) is 0 Å². The lowest BCUT2D eigenvalue weighted by molar-refractivity contribution is -0.134. The van der Waals surface area contributed by atoms with Gasteiger partial charge in [-0.15, -0.1) is 0 Å². The summed E-state index contributed by atoms with van der Waals surface area (Å²) < 4.78 is 0. The van der Waals surface area contributed by atoms with E-state index in [0.717, 1.165) is 12.8 Å². The molecule has 0 spiro atoms. The first-order valence-electron chi connectivity index (χ1n) is 3.92. The van der Waals surface area contributed by atoms with Gasteiger partial charge in [0.15, 0.2) is 0 Å². The highest BCUT2D eigenvalue weighted by Crippen LogP contribution is 1.99. The molecule has 72 valence electrons. The molecule has 0 saturated carbocycles. The van der Waals surface area contributed by atoms with Crippen LogP contribution in [0.4, 0.5) is 0 Å². The predicted octanol–water partition coefficient (Wildman–Crippen LogP) is 1.44. The minimum absolute atomic E-state index is 0.207. The molecule has 0 aromatic carbocycles. The van der Waals surface area contributed by atoms with Crippen LogP contribution in [-0.4, -0.2) is 22.2 Å². The molecule has 13 heavy (non-hydrogen) atoms. The van der Waals surface area contributed by atoms with Crippen LogP contribution in [0.5, 0.6) is 0 Å². The summed E-state index contributed by atoms with van der Waals surface area (Å²) in [6.45, 7) is 1.95. The topological polar surface area (TPSA) is 74.6 Å². The van der Waals surface area contributed by atoms with Crippen LogP contribution >= 0.6 is 0 Å². The molecule has 4 nitrogen and oxygen atoms in total. The van der Waals surface area contributed by atoms with Crippen LogP contribution in [0, 0.1) is 0 Å². The van der Waals surface area contributed by atoms with E-state index in [1.807, 2.05) is 6.92 Å². The first-order valence-corrected chi connectivity index (χ1v) is 3.92. The normalized spacial score (nSPS) is 11.9. The first-order chi connectivity index (χ1) is 6.07. The number of carboxylic acid groups (broad SMARTS) is 2. The molecule has 0 heterocycles. The van der Waals surface area contributed by atoms with Gasteiger partial charge >= 0.3 is 11.9 Å². The first kappa shape index (κ1) is 11.4. The molecule has 0 aromatic heterocycles. The van der Waals surface area contributed by atoms with Crippen molar-refractivity contribution < 1.29 is 19.8 Å². The summed E-state index contributed by atoms with van der Waals surface area (Å²) in [5.41, 5.74) is -0.207. The van der Waals surface area contributed by atoms with Crippen molar-refractivity contribution in [3.8, 4) is 0 Å². The summed E-state index contributed by atoms with van der Waals surface area (Å²) in [7, 11) is 0. The monoisotopic (exact) mass is 184 g/mol. The zero-order valence-corrected chi connectivity index (χ0v) is 7.36. The molecule has 0 aromatic rings. The number of hydrogen-bond acceptors (Lipinski definition) is 2. The Kier molecular flexibility index (Phi) is 5.27. The number of rotatable bonds is 5. The zero-order chi connectivity index (χ0) is 10.3. The standard InChI is InChI=1S/C9H12O4/c1-2-3-4-5-7(9(12)13)6-8(10)11/h4-6H,2-3H2,1H3,(H,10,11)(H,12,13). The Hall–Kier alpha value is -1.58. The average Bonchev–Trinajstić information content (AvgIpc) is 2.02. The molecule has 2 N–H and O–H groups in total. The molecule has 0 unspecified atom stereocenters. The van der Waals surface area contributed by atoms with Crippen LogP contribution in [0.3, 0.4) is 0 Å². The smallest absolute Gasteiger partial charge is 0.335 e. The van der Waals surface area contributed by atoms with E-state index in [-0.39, 0.29) is 5.57 Å². The summed E-state index contributed by atoms with van der Waals surface area (Å²) in [6, 6.07) is 0. The van der Waals surface area contributed by atoms with E-state index >= 15 is 0 Å². The fourth-order valence-corrected chi connectivity index (χ4v) is 0.691. The average molecular weight is 184 g/mol. The van der Waals surface area contributed by atoms with Crippen LogP contribution < -0.4 is 0 Å². The van der Waals surface area contributed by atoms with E-state index in [0.29, 0.717) is 6.08 Å². The number of carboxylic acids is 2. The quantitative estimate of drug-likeness (QED) is 0.500. The van der Waals surface area contributed by atoms with Gasteiger partial charge in [0.1, 0.15) is 0 Å². The second-order valence-electron chi connectivity index (χ2n) is 2.43. The van der Waals surface area contributed by atoms with E-state index in [1.165, 1.54) is 6.08 Å². The molecule has 4 heteroatoms. The maximum Gasteiger partial charge on any atom is 0.335 e. The summed E-state index contributed by atoms with van der Waals surface area (Å²) in [5, 5.41) is 16.9. The van der Waals surface area contributed by atoms with Crippen molar-refractivity contribution in [2.75, 3.05) is 0 Å². The maximum absolute atomic E-state index is 10.4. The number of aliphatic carboxylic acids is 2. The summed E-state index contributed by atoms with van der Waals surface area (Å²) in [6.07, 6.45) is 5.26. The summed E-state index contributed by atoms with van der Waals surface area (Å²) in [4.78, 5) is 20.6. The van der Waals surface area contributed by atoms with Crippen molar-refractivity contribution >= 4 is 11.9 Å². The number of hydrogen-bond donors (Lipinski definition) is 2. The number of carbonyl (C=O) groups is 2. The zero-order valence-electron chi connectivity index (χ0n) is 7.36. The van der Waals surface area contributed by atoms with Crippen LogP contribution in [-0.2, 0) is 9.59 Å². The van der Waals surface area contributed by atoms with Crippen molar-refractivity contribution in [3.63, 3.8) is 0 Å². The van der Waals surface area contributed by atoms with Gasteiger partial charge in [0, 0.05) is 6.08 Å². The van der Waals surface area contributed by atoms with E-state index in [9.17, 15) is 9.59 Å². The van der Waals surface area contributed by atoms with Gasteiger partial charge in [-0.25, -0.2) is 9.59 Å². The van der Waals surface area contributed by atoms with Crippen molar-refractivity contribution in [1.29, 1.82) is 0 Å². The van der Waals surface area contributed by atoms with Gasteiger partial charge in [0.2, 0.25) is 0 Å². The Labute approximate surface area is 76.2 Å². The lowest BCUT2D eigenvalue weighted by Gasteiger charge is -1.91. The van der Waals surface area contributed by atoms with Gasteiger partial charge in [0.05, 0.1) is 5.57 Å². The number of unbranched alkanes of at least 4 members (excludes halogenated alkanes) is 1. The SMILES string of the molecule is CCCC=CC(=CC(=O)O)C(=O)O. The van der Waals surface area contributed by atoms with Crippen LogP contribution in [0.2, 0.25) is 0 Å². The van der Waals surface area contributed by atoms with Crippen molar-refractivity contribution in [1.82, 2.24) is 0 Å². The molecular formula is C9H12O4. The van der Waals surface area contributed by atoms with Gasteiger partial charge < -0.3 is 10.2 Å². The van der Waals surface area contributed by atoms with E-state index < -0.39 is 11.9 Å². The molecule has 0 aliphatic heterocycles. The third-order valence-electron chi connectivity index (χ3n) is 1.28. The third-order valence-corrected chi connectivity index (χ3v) is 1.28. The minimum atomic E-state index is -1.25. The Morgan fingerprint density at radius 3 is 2.31 bits per heavy atom. The Morgan fingerprint density at radius 1 is 1.31 bits per heavy atom. The van der Waals surface area contributed by atoms with Crippen LogP contribution in [0.15, 0.2) is 23.8 Å². The third kappa shape index (κ3) is 5.66. The molecule has 0 radical (unpaired) electrons. The van der Waals surface area contributed by atoms with Gasteiger partial charge in [-0.05, 0) is 6.42 Å². The van der Waals surface area contributed by atoms with Crippen LogP contribution in [0.25, 0.3) is 0 Å². The Balaban J connectivity index is 4.44. The lowest BCUT2D eigenvalue weighted by Crippen LogP contribution is -2.01. The lowest BCUT2D eigenvalue weighted by atomic mass is 10.2.